The maximum Gasteiger partial charge on any atom is 0.303 e. The third-order valence-corrected chi connectivity index (χ3v) is 3.75. The van der Waals surface area contributed by atoms with Gasteiger partial charge in [-0.2, -0.15) is 0 Å². The van der Waals surface area contributed by atoms with Gasteiger partial charge in [-0.05, 0) is 6.42 Å². The van der Waals surface area contributed by atoms with Gasteiger partial charge in [-0.3, -0.25) is 13.8 Å². The number of nitrogens with two attached hydrogens (primary N) is 1. The van der Waals surface area contributed by atoms with Gasteiger partial charge >= 0.3 is 5.97 Å². The number of carbonyl (C=O) groups excluding carboxylic acids is 1. The number of rotatable bonds is 4. The van der Waals surface area contributed by atoms with Crippen LogP contribution in [0, 0.1) is 0 Å². The Morgan fingerprint density at radius 1 is 1.38 bits per heavy atom. The van der Waals surface area contributed by atoms with Crippen LogP contribution in [0.25, 0.3) is 0 Å². The molecule has 1 atom stereocenters. The molecule has 0 aromatic rings. The summed E-state index contributed by atoms with van der Waals surface area (Å²) < 4.78 is 11.1. The second kappa shape index (κ2) is 5.95. The standard InChI is InChI=1S/C9H16N2O4S/c10-7(1-2-8(12)13)9(14)11-3-5-16(15)6-4-11/h7H,1-6,10H2,(H,12,13). The maximum absolute atomic E-state index is 11.7. The minimum absolute atomic E-state index is 0.104. The SMILES string of the molecule is NC(CCC(=O)O)C(=O)N1CCS(=O)CC1. The number of carbonyl (C=O) groups is 2. The van der Waals surface area contributed by atoms with E-state index >= 15 is 0 Å². The lowest BCUT2D eigenvalue weighted by Crippen LogP contribution is -2.49. The van der Waals surface area contributed by atoms with Gasteiger partial charge in [-0.1, -0.05) is 0 Å². The first-order valence-corrected chi connectivity index (χ1v) is 6.60. The molecule has 1 fully saturated rings. The second-order valence-corrected chi connectivity index (χ2v) is 5.41. The molecule has 7 heteroatoms. The average molecular weight is 248 g/mol. The molecule has 0 aliphatic carbocycles. The third-order valence-electron chi connectivity index (χ3n) is 2.48. The van der Waals surface area contributed by atoms with Crippen molar-refractivity contribution in [2.75, 3.05) is 24.6 Å². The first-order valence-electron chi connectivity index (χ1n) is 5.12. The number of hydrogen-bond donors (Lipinski definition) is 2. The van der Waals surface area contributed by atoms with E-state index in [1.165, 1.54) is 0 Å². The number of hydrogen-bond acceptors (Lipinski definition) is 4. The summed E-state index contributed by atoms with van der Waals surface area (Å²) in [6.45, 7) is 0.901. The van der Waals surface area contributed by atoms with Gasteiger partial charge in [-0.15, -0.1) is 0 Å². The summed E-state index contributed by atoms with van der Waals surface area (Å²) in [7, 11) is -0.831. The summed E-state index contributed by atoms with van der Waals surface area (Å²) in [6, 6.07) is -0.761. The Balaban J connectivity index is 2.38. The van der Waals surface area contributed by atoms with Crippen LogP contribution < -0.4 is 5.73 Å². The predicted octanol–water partition coefficient (Wildman–Crippen LogP) is -1.23. The van der Waals surface area contributed by atoms with Crippen molar-refractivity contribution in [1.82, 2.24) is 4.90 Å². The molecule has 1 aliphatic rings. The summed E-state index contributed by atoms with van der Waals surface area (Å²) in [4.78, 5) is 23.6. The lowest BCUT2D eigenvalue weighted by molar-refractivity contribution is -0.137. The van der Waals surface area contributed by atoms with Gasteiger partial charge in [-0.25, -0.2) is 0 Å². The molecule has 1 aliphatic heterocycles. The zero-order valence-corrected chi connectivity index (χ0v) is 9.74. The molecule has 6 nitrogen and oxygen atoms in total. The van der Waals surface area contributed by atoms with Gasteiger partial charge in [0.15, 0.2) is 0 Å². The van der Waals surface area contributed by atoms with Crippen molar-refractivity contribution in [3.63, 3.8) is 0 Å². The van der Waals surface area contributed by atoms with Crippen molar-refractivity contribution in [3.05, 3.63) is 0 Å². The van der Waals surface area contributed by atoms with Crippen molar-refractivity contribution >= 4 is 22.7 Å². The summed E-state index contributed by atoms with van der Waals surface area (Å²) >= 11 is 0. The molecule has 0 saturated carbocycles. The van der Waals surface area contributed by atoms with E-state index in [2.05, 4.69) is 0 Å². The van der Waals surface area contributed by atoms with Gasteiger partial charge in [0.05, 0.1) is 6.04 Å². The van der Waals surface area contributed by atoms with Crippen molar-refractivity contribution in [2.24, 2.45) is 5.73 Å². The van der Waals surface area contributed by atoms with Crippen LogP contribution in [-0.2, 0) is 20.4 Å². The topological polar surface area (TPSA) is 101 Å². The molecule has 0 radical (unpaired) electrons. The highest BCUT2D eigenvalue weighted by Gasteiger charge is 2.24. The summed E-state index contributed by atoms with van der Waals surface area (Å²) in [5.74, 6) is -0.227. The minimum Gasteiger partial charge on any atom is -0.481 e. The van der Waals surface area contributed by atoms with Crippen LogP contribution in [-0.4, -0.2) is 56.7 Å². The molecule has 16 heavy (non-hydrogen) atoms. The van der Waals surface area contributed by atoms with E-state index in [0.29, 0.717) is 24.6 Å². The van der Waals surface area contributed by atoms with Crippen molar-refractivity contribution in [1.29, 1.82) is 0 Å². The Morgan fingerprint density at radius 2 is 1.94 bits per heavy atom. The van der Waals surface area contributed by atoms with Crippen LogP contribution >= 0.6 is 0 Å². The molecule has 0 aromatic carbocycles. The van der Waals surface area contributed by atoms with Gasteiger partial charge in [0.2, 0.25) is 5.91 Å². The minimum atomic E-state index is -0.956. The molecule has 0 bridgehead atoms. The van der Waals surface area contributed by atoms with Crippen LogP contribution in [0.5, 0.6) is 0 Å². The number of nitrogens with zero attached hydrogens (tertiary/aromatic N) is 1. The van der Waals surface area contributed by atoms with Crippen LogP contribution in [0.4, 0.5) is 0 Å². The Labute approximate surface area is 96.2 Å². The number of amides is 1. The zero-order valence-electron chi connectivity index (χ0n) is 8.92. The molecule has 1 rings (SSSR count). The van der Waals surface area contributed by atoms with Crippen molar-refractivity contribution in [3.8, 4) is 0 Å². The van der Waals surface area contributed by atoms with E-state index in [-0.39, 0.29) is 18.7 Å². The summed E-state index contributed by atoms with van der Waals surface area (Å²) in [6.07, 6.45) is 0.0421. The molecular weight excluding hydrogens is 232 g/mol. The first-order chi connectivity index (χ1) is 7.50. The molecule has 1 unspecified atom stereocenters. The molecule has 3 N–H and O–H groups in total. The molecular formula is C9H16N2O4S. The van der Waals surface area contributed by atoms with E-state index in [4.69, 9.17) is 10.8 Å². The lowest BCUT2D eigenvalue weighted by Gasteiger charge is -2.28. The zero-order chi connectivity index (χ0) is 12.1. The van der Waals surface area contributed by atoms with Gasteiger partial charge in [0.25, 0.3) is 0 Å². The fourth-order valence-electron chi connectivity index (χ4n) is 1.50. The smallest absolute Gasteiger partial charge is 0.303 e. The monoisotopic (exact) mass is 248 g/mol. The number of carboxylic acid groups (broad SMARTS) is 1. The normalized spacial score (nSPS) is 19.4. The Hall–Kier alpha value is -0.950. The Morgan fingerprint density at radius 3 is 2.44 bits per heavy atom. The summed E-state index contributed by atoms with van der Waals surface area (Å²) in [5.41, 5.74) is 5.60. The van der Waals surface area contributed by atoms with Crippen molar-refractivity contribution in [2.45, 2.75) is 18.9 Å². The largest absolute Gasteiger partial charge is 0.481 e. The Bertz CT molecular complexity index is 298. The van der Waals surface area contributed by atoms with E-state index in [0.717, 1.165) is 0 Å². The van der Waals surface area contributed by atoms with Crippen LogP contribution in [0.15, 0.2) is 0 Å². The quantitative estimate of drug-likeness (QED) is 0.648. The van der Waals surface area contributed by atoms with E-state index in [9.17, 15) is 13.8 Å². The third kappa shape index (κ3) is 3.90. The van der Waals surface area contributed by atoms with Crippen LogP contribution in [0.3, 0.4) is 0 Å². The molecule has 1 amide bonds. The number of carboxylic acids is 1. The molecule has 1 heterocycles. The maximum atomic E-state index is 11.7. The number of aliphatic carboxylic acids is 1. The molecule has 92 valence electrons. The average Bonchev–Trinajstić information content (AvgIpc) is 2.26. The van der Waals surface area contributed by atoms with Crippen LogP contribution in [0.1, 0.15) is 12.8 Å². The van der Waals surface area contributed by atoms with Crippen molar-refractivity contribution < 1.29 is 18.9 Å². The van der Waals surface area contributed by atoms with Gasteiger partial charge in [0.1, 0.15) is 0 Å². The highest BCUT2D eigenvalue weighted by Crippen LogP contribution is 2.05. The second-order valence-electron chi connectivity index (χ2n) is 3.71. The molecule has 1 saturated heterocycles. The highest BCUT2D eigenvalue weighted by molar-refractivity contribution is 7.85. The van der Waals surface area contributed by atoms with Crippen LogP contribution in [0.2, 0.25) is 0 Å². The predicted molar refractivity (Wildman–Crippen MR) is 59.3 cm³/mol. The lowest BCUT2D eigenvalue weighted by atomic mass is 10.1. The fraction of sp³-hybridized carbons (Fsp3) is 0.778. The van der Waals surface area contributed by atoms with Gasteiger partial charge < -0.3 is 15.7 Å². The van der Waals surface area contributed by atoms with E-state index in [1.807, 2.05) is 0 Å². The molecule has 0 spiro atoms. The first kappa shape index (κ1) is 13.1. The van der Waals surface area contributed by atoms with Gasteiger partial charge in [0, 0.05) is 41.8 Å². The Kier molecular flexibility index (Phi) is 4.88. The highest BCUT2D eigenvalue weighted by atomic mass is 32.2. The summed E-state index contributed by atoms with van der Waals surface area (Å²) in [5, 5.41) is 8.47. The van der Waals surface area contributed by atoms with E-state index in [1.54, 1.807) is 4.90 Å². The van der Waals surface area contributed by atoms with E-state index < -0.39 is 22.8 Å². The fourth-order valence-corrected chi connectivity index (χ4v) is 2.55. The molecule has 0 aromatic heterocycles.